The molecule has 1 N–H and O–H groups in total. The van der Waals surface area contributed by atoms with E-state index in [0.29, 0.717) is 29.0 Å². The van der Waals surface area contributed by atoms with Gasteiger partial charge in [-0.2, -0.15) is 0 Å². The van der Waals surface area contributed by atoms with Crippen molar-refractivity contribution in [3.8, 4) is 0 Å². The predicted octanol–water partition coefficient (Wildman–Crippen LogP) is 3.91. The number of carbonyl (C=O) groups excluding carboxylic acids is 1. The van der Waals surface area contributed by atoms with Crippen LogP contribution in [0.4, 0.5) is 0 Å². The summed E-state index contributed by atoms with van der Waals surface area (Å²) in [5.74, 6) is 2.97. The fraction of sp³-hybridized carbons (Fsp3) is 0.632. The Morgan fingerprint density at radius 1 is 1.13 bits per heavy atom. The van der Waals surface area contributed by atoms with Crippen LogP contribution in [0.25, 0.3) is 0 Å². The van der Waals surface area contributed by atoms with E-state index < -0.39 is 0 Å². The van der Waals surface area contributed by atoms with E-state index in [1.54, 1.807) is 24.3 Å². The predicted molar refractivity (Wildman–Crippen MR) is 90.6 cm³/mol. The third-order valence-electron chi connectivity index (χ3n) is 6.53. The molecule has 4 fully saturated rings. The highest BCUT2D eigenvalue weighted by Crippen LogP contribution is 2.59. The van der Waals surface area contributed by atoms with Gasteiger partial charge in [0.25, 0.3) is 5.91 Å². The molecule has 3 nitrogen and oxygen atoms in total. The minimum atomic E-state index is -0.157. The van der Waals surface area contributed by atoms with Crippen molar-refractivity contribution >= 4 is 17.5 Å². The zero-order valence-corrected chi connectivity index (χ0v) is 14.3. The molecule has 4 heteroatoms. The first-order valence-corrected chi connectivity index (χ1v) is 9.07. The van der Waals surface area contributed by atoms with Gasteiger partial charge in [0.05, 0.1) is 5.60 Å². The average molecular weight is 334 g/mol. The molecule has 0 heterocycles. The maximum atomic E-state index is 12.4. The molecule has 1 aromatic carbocycles. The normalized spacial score (nSPS) is 37.8. The second kappa shape index (κ2) is 5.78. The topological polar surface area (TPSA) is 38.3 Å². The molecule has 0 unspecified atom stereocenters. The number of benzene rings is 1. The molecule has 5 rings (SSSR count). The van der Waals surface area contributed by atoms with Crippen molar-refractivity contribution in [2.45, 2.75) is 37.7 Å². The molecule has 1 aromatic rings. The van der Waals surface area contributed by atoms with E-state index in [4.69, 9.17) is 16.3 Å². The lowest BCUT2D eigenvalue weighted by Crippen LogP contribution is -2.63. The lowest BCUT2D eigenvalue weighted by molar-refractivity contribution is -0.186. The van der Waals surface area contributed by atoms with Crippen molar-refractivity contribution in [2.24, 2.45) is 23.7 Å². The molecule has 0 spiro atoms. The minimum absolute atomic E-state index is 0.0353. The molecule has 4 aliphatic rings. The van der Waals surface area contributed by atoms with Gasteiger partial charge in [-0.25, -0.2) is 0 Å². The van der Waals surface area contributed by atoms with Crippen LogP contribution < -0.4 is 5.32 Å². The number of nitrogens with one attached hydrogen (secondary N) is 1. The van der Waals surface area contributed by atoms with Crippen LogP contribution in [0, 0.1) is 23.7 Å². The highest BCUT2D eigenvalue weighted by atomic mass is 35.5. The summed E-state index contributed by atoms with van der Waals surface area (Å²) in [5.41, 5.74) is 0.500. The SMILES string of the molecule is COC1(CNC(=O)c2ccc(Cl)cc2)C2CC3CC(C2)CC1C3. The summed E-state index contributed by atoms with van der Waals surface area (Å²) < 4.78 is 6.08. The zero-order chi connectivity index (χ0) is 16.0. The summed E-state index contributed by atoms with van der Waals surface area (Å²) >= 11 is 5.89. The molecule has 1 amide bonds. The molecule has 4 saturated carbocycles. The Labute approximate surface area is 142 Å². The van der Waals surface area contributed by atoms with Crippen LogP contribution in [0.3, 0.4) is 0 Å². The summed E-state index contributed by atoms with van der Waals surface area (Å²) in [6.07, 6.45) is 6.52. The zero-order valence-electron chi connectivity index (χ0n) is 13.6. The fourth-order valence-corrected chi connectivity index (χ4v) is 5.72. The fourth-order valence-electron chi connectivity index (χ4n) is 5.60. The Hall–Kier alpha value is -1.06. The van der Waals surface area contributed by atoms with E-state index in [2.05, 4.69) is 5.32 Å². The van der Waals surface area contributed by atoms with Crippen molar-refractivity contribution in [3.05, 3.63) is 34.9 Å². The van der Waals surface area contributed by atoms with E-state index in [9.17, 15) is 4.79 Å². The van der Waals surface area contributed by atoms with Crippen LogP contribution in [0.15, 0.2) is 24.3 Å². The Morgan fingerprint density at radius 3 is 2.22 bits per heavy atom. The second-order valence-electron chi connectivity index (χ2n) is 7.65. The first-order valence-electron chi connectivity index (χ1n) is 8.69. The molecule has 4 bridgehead atoms. The van der Waals surface area contributed by atoms with Crippen molar-refractivity contribution in [2.75, 3.05) is 13.7 Å². The highest BCUT2D eigenvalue weighted by Gasteiger charge is 2.57. The standard InChI is InChI=1S/C19H24ClNO2/c1-23-19(11-21-18(22)14-2-4-17(20)5-3-14)15-7-12-6-13(9-15)10-16(19)8-12/h2-5,12-13,15-16H,6-11H2,1H3,(H,21,22). The van der Waals surface area contributed by atoms with Gasteiger partial charge in [-0.3, -0.25) is 4.79 Å². The molecule has 4 aliphatic carbocycles. The molecule has 0 saturated heterocycles. The number of carbonyl (C=O) groups is 1. The van der Waals surface area contributed by atoms with Crippen molar-refractivity contribution in [1.82, 2.24) is 5.32 Å². The van der Waals surface area contributed by atoms with E-state index in [1.165, 1.54) is 32.1 Å². The van der Waals surface area contributed by atoms with Gasteiger partial charge >= 0.3 is 0 Å². The van der Waals surface area contributed by atoms with E-state index in [-0.39, 0.29) is 11.5 Å². The van der Waals surface area contributed by atoms with Crippen LogP contribution in [-0.2, 0) is 4.74 Å². The molecule has 0 aliphatic heterocycles. The Morgan fingerprint density at radius 2 is 1.70 bits per heavy atom. The average Bonchev–Trinajstić information content (AvgIpc) is 2.55. The lowest BCUT2D eigenvalue weighted by Gasteiger charge is -2.60. The molecule has 124 valence electrons. The highest BCUT2D eigenvalue weighted by molar-refractivity contribution is 6.30. The second-order valence-corrected chi connectivity index (χ2v) is 8.09. The van der Waals surface area contributed by atoms with Gasteiger partial charge in [0.1, 0.15) is 0 Å². The summed E-state index contributed by atoms with van der Waals surface area (Å²) in [6.45, 7) is 0.625. The third kappa shape index (κ3) is 2.58. The van der Waals surface area contributed by atoms with Gasteiger partial charge in [0, 0.05) is 24.2 Å². The Kier molecular flexibility index (Phi) is 3.89. The molecule has 0 radical (unpaired) electrons. The van der Waals surface area contributed by atoms with E-state index in [1.807, 2.05) is 7.11 Å². The number of hydrogen-bond acceptors (Lipinski definition) is 2. The monoisotopic (exact) mass is 333 g/mol. The van der Waals surface area contributed by atoms with Gasteiger partial charge in [-0.15, -0.1) is 0 Å². The first-order chi connectivity index (χ1) is 11.1. The lowest BCUT2D eigenvalue weighted by atomic mass is 9.49. The van der Waals surface area contributed by atoms with Crippen LogP contribution >= 0.6 is 11.6 Å². The van der Waals surface area contributed by atoms with Gasteiger partial charge in [-0.05, 0) is 80.0 Å². The van der Waals surface area contributed by atoms with Crippen molar-refractivity contribution < 1.29 is 9.53 Å². The largest absolute Gasteiger partial charge is 0.376 e. The van der Waals surface area contributed by atoms with Gasteiger partial charge in [-0.1, -0.05) is 11.6 Å². The smallest absolute Gasteiger partial charge is 0.251 e. The minimum Gasteiger partial charge on any atom is -0.376 e. The molecule has 0 aromatic heterocycles. The number of hydrogen-bond donors (Lipinski definition) is 1. The maximum absolute atomic E-state index is 12.4. The summed E-state index contributed by atoms with van der Waals surface area (Å²) in [4.78, 5) is 12.4. The van der Waals surface area contributed by atoms with Gasteiger partial charge < -0.3 is 10.1 Å². The summed E-state index contributed by atoms with van der Waals surface area (Å²) in [7, 11) is 1.83. The van der Waals surface area contributed by atoms with Crippen LogP contribution in [0.2, 0.25) is 5.02 Å². The number of halogens is 1. The number of rotatable bonds is 4. The van der Waals surface area contributed by atoms with Gasteiger partial charge in [0.15, 0.2) is 0 Å². The number of ether oxygens (including phenoxy) is 1. The number of methoxy groups -OCH3 is 1. The maximum Gasteiger partial charge on any atom is 0.251 e. The summed E-state index contributed by atoms with van der Waals surface area (Å²) in [6, 6.07) is 7.05. The molecular weight excluding hydrogens is 310 g/mol. The number of amides is 1. The quantitative estimate of drug-likeness (QED) is 0.907. The van der Waals surface area contributed by atoms with Gasteiger partial charge in [0.2, 0.25) is 0 Å². The van der Waals surface area contributed by atoms with Crippen LogP contribution in [0.1, 0.15) is 42.5 Å². The third-order valence-corrected chi connectivity index (χ3v) is 6.78. The molecule has 23 heavy (non-hydrogen) atoms. The Balaban J connectivity index is 1.48. The molecule has 0 atom stereocenters. The van der Waals surface area contributed by atoms with Crippen LogP contribution in [-0.4, -0.2) is 25.2 Å². The summed E-state index contributed by atoms with van der Waals surface area (Å²) in [5, 5.41) is 3.78. The van der Waals surface area contributed by atoms with Crippen LogP contribution in [0.5, 0.6) is 0 Å². The van der Waals surface area contributed by atoms with E-state index >= 15 is 0 Å². The van der Waals surface area contributed by atoms with E-state index in [0.717, 1.165) is 11.8 Å². The van der Waals surface area contributed by atoms with Crippen molar-refractivity contribution in [3.63, 3.8) is 0 Å². The molecular formula is C19H24ClNO2. The Bertz CT molecular complexity index is 570. The first kappa shape index (κ1) is 15.5. The van der Waals surface area contributed by atoms with Crippen molar-refractivity contribution in [1.29, 1.82) is 0 Å².